The molecule has 8 heteroatoms. The number of halogens is 1. The number of hydrogen-bond acceptors (Lipinski definition) is 5. The van der Waals surface area contributed by atoms with Gasteiger partial charge in [-0.2, -0.15) is 9.29 Å². The molecule has 28 heavy (non-hydrogen) atoms. The Labute approximate surface area is 169 Å². The molecule has 1 unspecified atom stereocenters. The van der Waals surface area contributed by atoms with E-state index in [2.05, 4.69) is 10.1 Å². The molecule has 2 aromatic carbocycles. The lowest BCUT2D eigenvalue weighted by Crippen LogP contribution is -2.30. The van der Waals surface area contributed by atoms with Crippen molar-refractivity contribution in [2.24, 2.45) is 0 Å². The van der Waals surface area contributed by atoms with Gasteiger partial charge in [0.25, 0.3) is 0 Å². The summed E-state index contributed by atoms with van der Waals surface area (Å²) in [5, 5.41) is 4.64. The minimum Gasteiger partial charge on any atom is -0.337 e. The topological polar surface area (TPSA) is 76.3 Å². The van der Waals surface area contributed by atoms with Gasteiger partial charge in [0.2, 0.25) is 21.7 Å². The molecule has 1 aliphatic heterocycles. The standard InChI is InChI=1S/C20H20ClN3O3S/c1-2-14-5-11-17(12-6-14)28(25,26)24-13-3-4-18(24)20-22-19(23-27-20)15-7-9-16(21)10-8-15/h5-12,18H,2-4,13H2,1H3. The minimum absolute atomic E-state index is 0.286. The maximum Gasteiger partial charge on any atom is 0.245 e. The van der Waals surface area contributed by atoms with Crippen LogP contribution >= 0.6 is 11.6 Å². The predicted molar refractivity (Wildman–Crippen MR) is 106 cm³/mol. The summed E-state index contributed by atoms with van der Waals surface area (Å²) in [6.45, 7) is 2.47. The first-order chi connectivity index (χ1) is 13.5. The second-order valence-electron chi connectivity index (χ2n) is 6.73. The molecule has 0 saturated carbocycles. The minimum atomic E-state index is -3.63. The highest BCUT2D eigenvalue weighted by Gasteiger charge is 2.39. The van der Waals surface area contributed by atoms with Crippen LogP contribution < -0.4 is 0 Å². The van der Waals surface area contributed by atoms with E-state index in [1.807, 2.05) is 19.1 Å². The molecule has 0 spiro atoms. The molecule has 3 aromatic rings. The summed E-state index contributed by atoms with van der Waals surface area (Å²) >= 11 is 5.92. The number of sulfonamides is 1. The quantitative estimate of drug-likeness (QED) is 0.611. The zero-order valence-corrected chi connectivity index (χ0v) is 16.9. The van der Waals surface area contributed by atoms with Crippen molar-refractivity contribution in [3.8, 4) is 11.4 Å². The average molecular weight is 418 g/mol. The van der Waals surface area contributed by atoms with Crippen molar-refractivity contribution in [3.63, 3.8) is 0 Å². The van der Waals surface area contributed by atoms with Crippen LogP contribution in [0.25, 0.3) is 11.4 Å². The van der Waals surface area contributed by atoms with Gasteiger partial charge >= 0.3 is 0 Å². The summed E-state index contributed by atoms with van der Waals surface area (Å²) in [6.07, 6.45) is 2.26. The van der Waals surface area contributed by atoms with Gasteiger partial charge in [-0.15, -0.1) is 0 Å². The van der Waals surface area contributed by atoms with Crippen LogP contribution in [0.1, 0.15) is 37.3 Å². The van der Waals surface area contributed by atoms with Crippen LogP contribution in [0, 0.1) is 0 Å². The van der Waals surface area contributed by atoms with Crippen molar-refractivity contribution in [2.75, 3.05) is 6.54 Å². The first-order valence-electron chi connectivity index (χ1n) is 9.19. The van der Waals surface area contributed by atoms with Crippen LogP contribution in [0.2, 0.25) is 5.02 Å². The first-order valence-corrected chi connectivity index (χ1v) is 11.0. The molecule has 2 heterocycles. The maximum absolute atomic E-state index is 13.2. The Morgan fingerprint density at radius 2 is 1.86 bits per heavy atom. The Morgan fingerprint density at radius 3 is 2.54 bits per heavy atom. The number of nitrogens with zero attached hydrogens (tertiary/aromatic N) is 3. The monoisotopic (exact) mass is 417 g/mol. The van der Waals surface area contributed by atoms with Gasteiger partial charge in [-0.1, -0.05) is 35.8 Å². The maximum atomic E-state index is 13.2. The zero-order valence-electron chi connectivity index (χ0n) is 15.4. The summed E-state index contributed by atoms with van der Waals surface area (Å²) in [5.74, 6) is 0.736. The largest absolute Gasteiger partial charge is 0.337 e. The molecule has 0 radical (unpaired) electrons. The van der Waals surface area contributed by atoms with Crippen molar-refractivity contribution < 1.29 is 12.9 Å². The van der Waals surface area contributed by atoms with Crippen molar-refractivity contribution in [1.29, 1.82) is 0 Å². The Kier molecular flexibility index (Phi) is 5.23. The van der Waals surface area contributed by atoms with Crippen LogP contribution in [0.3, 0.4) is 0 Å². The van der Waals surface area contributed by atoms with E-state index in [1.54, 1.807) is 36.4 Å². The molecular formula is C20H20ClN3O3S. The van der Waals surface area contributed by atoms with Crippen LogP contribution in [0.15, 0.2) is 57.9 Å². The highest BCUT2D eigenvalue weighted by atomic mass is 35.5. The highest BCUT2D eigenvalue weighted by Crippen LogP contribution is 2.36. The molecule has 4 rings (SSSR count). The Morgan fingerprint density at radius 1 is 1.14 bits per heavy atom. The fourth-order valence-electron chi connectivity index (χ4n) is 3.39. The highest BCUT2D eigenvalue weighted by molar-refractivity contribution is 7.89. The van der Waals surface area contributed by atoms with Crippen LogP contribution in [0.4, 0.5) is 0 Å². The lowest BCUT2D eigenvalue weighted by Gasteiger charge is -2.21. The van der Waals surface area contributed by atoms with Crippen molar-refractivity contribution in [2.45, 2.75) is 37.1 Å². The number of benzene rings is 2. The number of aryl methyl sites for hydroxylation is 1. The smallest absolute Gasteiger partial charge is 0.245 e. The van der Waals surface area contributed by atoms with E-state index in [9.17, 15) is 8.42 Å². The summed E-state index contributed by atoms with van der Waals surface area (Å²) in [6, 6.07) is 13.7. The third-order valence-electron chi connectivity index (χ3n) is 4.97. The number of hydrogen-bond donors (Lipinski definition) is 0. The van der Waals surface area contributed by atoms with Gasteiger partial charge in [-0.05, 0) is 61.2 Å². The third kappa shape index (κ3) is 3.57. The van der Waals surface area contributed by atoms with Crippen molar-refractivity contribution in [3.05, 3.63) is 65.0 Å². The molecule has 0 bridgehead atoms. The fourth-order valence-corrected chi connectivity index (χ4v) is 5.17. The van der Waals surface area contributed by atoms with E-state index in [1.165, 1.54) is 4.31 Å². The van der Waals surface area contributed by atoms with E-state index in [-0.39, 0.29) is 4.90 Å². The fraction of sp³-hybridized carbons (Fsp3) is 0.300. The SMILES string of the molecule is CCc1ccc(S(=O)(=O)N2CCCC2c2nc(-c3ccc(Cl)cc3)no2)cc1. The van der Waals surface area contributed by atoms with E-state index in [4.69, 9.17) is 16.1 Å². The molecule has 0 N–H and O–H groups in total. The zero-order chi connectivity index (χ0) is 19.7. The van der Waals surface area contributed by atoms with Crippen molar-refractivity contribution >= 4 is 21.6 Å². The Balaban J connectivity index is 1.62. The number of rotatable bonds is 5. The molecule has 1 saturated heterocycles. The van der Waals surface area contributed by atoms with E-state index >= 15 is 0 Å². The molecule has 6 nitrogen and oxygen atoms in total. The Bertz CT molecular complexity index is 1060. The second-order valence-corrected chi connectivity index (χ2v) is 9.06. The molecule has 1 fully saturated rings. The third-order valence-corrected chi connectivity index (χ3v) is 7.15. The van der Waals surface area contributed by atoms with E-state index in [0.717, 1.165) is 24.0 Å². The van der Waals surface area contributed by atoms with Gasteiger partial charge in [-0.3, -0.25) is 0 Å². The molecule has 0 aliphatic carbocycles. The lowest BCUT2D eigenvalue weighted by molar-refractivity contribution is 0.290. The van der Waals surface area contributed by atoms with Gasteiger partial charge in [-0.25, -0.2) is 8.42 Å². The predicted octanol–water partition coefficient (Wildman–Crippen LogP) is 4.48. The van der Waals surface area contributed by atoms with Gasteiger partial charge in [0, 0.05) is 17.1 Å². The van der Waals surface area contributed by atoms with Crippen LogP contribution in [0.5, 0.6) is 0 Å². The van der Waals surface area contributed by atoms with E-state index in [0.29, 0.717) is 29.7 Å². The molecule has 146 valence electrons. The van der Waals surface area contributed by atoms with E-state index < -0.39 is 16.1 Å². The molecule has 1 atom stereocenters. The molecular weight excluding hydrogens is 398 g/mol. The van der Waals surface area contributed by atoms with Crippen molar-refractivity contribution in [1.82, 2.24) is 14.4 Å². The second kappa shape index (κ2) is 7.66. The molecule has 0 amide bonds. The average Bonchev–Trinajstić information content (AvgIpc) is 3.38. The summed E-state index contributed by atoms with van der Waals surface area (Å²) < 4.78 is 33.2. The summed E-state index contributed by atoms with van der Waals surface area (Å²) in [5.41, 5.74) is 1.86. The van der Waals surface area contributed by atoms with Gasteiger partial charge < -0.3 is 4.52 Å². The van der Waals surface area contributed by atoms with Gasteiger partial charge in [0.1, 0.15) is 6.04 Å². The number of aromatic nitrogens is 2. The van der Waals surface area contributed by atoms with Crippen LogP contribution in [-0.2, 0) is 16.4 Å². The summed E-state index contributed by atoms with van der Waals surface area (Å²) in [7, 11) is -3.63. The molecule has 1 aliphatic rings. The van der Waals surface area contributed by atoms with Gasteiger partial charge in [0.15, 0.2) is 0 Å². The summed E-state index contributed by atoms with van der Waals surface area (Å²) in [4.78, 5) is 4.74. The van der Waals surface area contributed by atoms with Crippen LogP contribution in [-0.4, -0.2) is 29.4 Å². The molecule has 1 aromatic heterocycles. The lowest BCUT2D eigenvalue weighted by atomic mass is 10.2. The Hall–Kier alpha value is -2.22. The first kappa shape index (κ1) is 19.1. The normalized spacial score (nSPS) is 17.9. The van der Waals surface area contributed by atoms with Gasteiger partial charge in [0.05, 0.1) is 4.90 Å².